The van der Waals surface area contributed by atoms with Crippen molar-refractivity contribution in [3.05, 3.63) is 23.3 Å². The summed E-state index contributed by atoms with van der Waals surface area (Å²) < 4.78 is 27.0. The van der Waals surface area contributed by atoms with Crippen LogP contribution in [0.3, 0.4) is 0 Å². The lowest BCUT2D eigenvalue weighted by Gasteiger charge is -2.64. The molecule has 172 valence electrons. The van der Waals surface area contributed by atoms with Crippen LogP contribution >= 0.6 is 0 Å². The van der Waals surface area contributed by atoms with Gasteiger partial charge in [-0.1, -0.05) is 34.1 Å². The second-order valence-electron chi connectivity index (χ2n) is 11.2. The lowest BCUT2D eigenvalue weighted by molar-refractivity contribution is -0.136. The summed E-state index contributed by atoms with van der Waals surface area (Å²) in [5, 5.41) is 22.2. The smallest absolute Gasteiger partial charge is 0.317 e. The molecule has 6 nitrogen and oxygen atoms in total. The maximum absolute atomic E-state index is 13.5. The molecule has 1 aliphatic heterocycles. The predicted molar refractivity (Wildman–Crippen MR) is 119 cm³/mol. The fourth-order valence-electron chi connectivity index (χ4n) is 7.63. The third kappa shape index (κ3) is 3.48. The van der Waals surface area contributed by atoms with E-state index in [1.165, 1.54) is 12.5 Å². The van der Waals surface area contributed by atoms with Crippen LogP contribution in [-0.4, -0.2) is 36.9 Å². The summed E-state index contributed by atoms with van der Waals surface area (Å²) in [4.78, 5) is 11.2. The molecule has 2 aliphatic carbocycles. The van der Waals surface area contributed by atoms with Crippen LogP contribution < -0.4 is 5.32 Å². The van der Waals surface area contributed by atoms with Gasteiger partial charge in [0.15, 0.2) is 9.84 Å². The number of aliphatic carboxylic acids is 1. The van der Waals surface area contributed by atoms with Gasteiger partial charge in [0.25, 0.3) is 0 Å². The lowest BCUT2D eigenvalue weighted by Crippen LogP contribution is -2.60. The molecule has 1 aromatic carbocycles. The standard InChI is InChI=1S/C24H35NO5S/c1-22(2)7-5-8-23(3)18(22)6-9-24(4)19(23)14-31(29,30)17-11-16(26)10-15(21(17)24)12-25-13-20(27)28/h10-11,18-19,25-26H,5-9,12-14H2,1-4H3,(H,27,28). The Bertz CT molecular complexity index is 1020. The number of sulfone groups is 1. The zero-order chi connectivity index (χ0) is 22.8. The number of phenolic OH excluding ortho intramolecular Hbond substituents is 1. The highest BCUT2D eigenvalue weighted by molar-refractivity contribution is 7.91. The Kier molecular flexibility index (Phi) is 5.25. The van der Waals surface area contributed by atoms with E-state index in [2.05, 4.69) is 33.0 Å². The van der Waals surface area contributed by atoms with Gasteiger partial charge in [-0.3, -0.25) is 4.79 Å². The average molecular weight is 450 g/mol. The van der Waals surface area contributed by atoms with Crippen LogP contribution in [-0.2, 0) is 26.6 Å². The Morgan fingerprint density at radius 3 is 2.52 bits per heavy atom. The molecule has 1 aromatic rings. The Balaban J connectivity index is 1.87. The zero-order valence-corrected chi connectivity index (χ0v) is 19.8. The van der Waals surface area contributed by atoms with Gasteiger partial charge >= 0.3 is 5.97 Å². The molecule has 3 aliphatic rings. The van der Waals surface area contributed by atoms with Crippen molar-refractivity contribution in [2.75, 3.05) is 12.3 Å². The predicted octanol–water partition coefficient (Wildman–Crippen LogP) is 3.85. The number of carboxylic acid groups (broad SMARTS) is 1. The van der Waals surface area contributed by atoms with Crippen molar-refractivity contribution < 1.29 is 23.4 Å². The summed E-state index contributed by atoms with van der Waals surface area (Å²) in [6.45, 7) is 9.18. The van der Waals surface area contributed by atoms with Gasteiger partial charge in [0.05, 0.1) is 17.2 Å². The normalized spacial score (nSPS) is 35.5. The molecule has 4 rings (SSSR count). The van der Waals surface area contributed by atoms with Gasteiger partial charge in [-0.25, -0.2) is 8.42 Å². The maximum atomic E-state index is 13.5. The maximum Gasteiger partial charge on any atom is 0.317 e. The van der Waals surface area contributed by atoms with E-state index in [0.29, 0.717) is 11.5 Å². The fourth-order valence-corrected chi connectivity index (χ4v) is 9.97. The minimum atomic E-state index is -3.57. The summed E-state index contributed by atoms with van der Waals surface area (Å²) >= 11 is 0. The highest BCUT2D eigenvalue weighted by Gasteiger charge is 2.62. The van der Waals surface area contributed by atoms with E-state index >= 15 is 0 Å². The molecule has 0 bridgehead atoms. The topological polar surface area (TPSA) is 104 Å². The SMILES string of the molecule is CC1(C)CCCC2(C)C1CCC1(C)c3c(CNCC(=O)O)cc(O)cc3S(=O)(=O)CC12. The van der Waals surface area contributed by atoms with E-state index in [1.807, 2.05) is 0 Å². The van der Waals surface area contributed by atoms with Crippen molar-refractivity contribution >= 4 is 15.8 Å². The Morgan fingerprint density at radius 2 is 1.84 bits per heavy atom. The number of hydrogen-bond acceptors (Lipinski definition) is 5. The number of aromatic hydroxyl groups is 1. The van der Waals surface area contributed by atoms with E-state index in [9.17, 15) is 18.3 Å². The quantitative estimate of drug-likeness (QED) is 0.645. The monoisotopic (exact) mass is 449 g/mol. The van der Waals surface area contributed by atoms with Crippen LogP contribution in [0.5, 0.6) is 5.75 Å². The van der Waals surface area contributed by atoms with Crippen LogP contribution in [0.4, 0.5) is 0 Å². The summed E-state index contributed by atoms with van der Waals surface area (Å²) in [7, 11) is -3.57. The Morgan fingerprint density at radius 1 is 1.13 bits per heavy atom. The van der Waals surface area contributed by atoms with Gasteiger partial charge < -0.3 is 15.5 Å². The first-order valence-corrected chi connectivity index (χ1v) is 13.0. The Hall–Kier alpha value is -1.60. The Labute approximate surface area is 185 Å². The van der Waals surface area contributed by atoms with Gasteiger partial charge in [0.2, 0.25) is 0 Å². The van der Waals surface area contributed by atoms with E-state index < -0.39 is 15.8 Å². The van der Waals surface area contributed by atoms with Crippen molar-refractivity contribution in [1.29, 1.82) is 0 Å². The van der Waals surface area contributed by atoms with Gasteiger partial charge in [-0.2, -0.15) is 0 Å². The van der Waals surface area contributed by atoms with Crippen LogP contribution in [0, 0.1) is 22.7 Å². The highest BCUT2D eigenvalue weighted by Crippen LogP contribution is 2.66. The molecule has 0 saturated heterocycles. The minimum absolute atomic E-state index is 0.00130. The number of benzene rings is 1. The van der Waals surface area contributed by atoms with E-state index in [-0.39, 0.29) is 51.7 Å². The lowest BCUT2D eigenvalue weighted by atomic mass is 9.42. The second kappa shape index (κ2) is 7.20. The van der Waals surface area contributed by atoms with Crippen molar-refractivity contribution in [1.82, 2.24) is 5.32 Å². The molecule has 4 atom stereocenters. The van der Waals surface area contributed by atoms with E-state index in [1.54, 1.807) is 6.07 Å². The molecule has 0 aromatic heterocycles. The summed E-state index contributed by atoms with van der Waals surface area (Å²) in [6.07, 6.45) is 5.29. The first-order chi connectivity index (χ1) is 14.3. The molecule has 7 heteroatoms. The minimum Gasteiger partial charge on any atom is -0.508 e. The molecule has 1 heterocycles. The largest absolute Gasteiger partial charge is 0.508 e. The number of carboxylic acids is 1. The number of fused-ring (bicyclic) bond motifs is 5. The molecular formula is C24H35NO5S. The van der Waals surface area contributed by atoms with Crippen LogP contribution in [0.15, 0.2) is 17.0 Å². The fraction of sp³-hybridized carbons (Fsp3) is 0.708. The van der Waals surface area contributed by atoms with Crippen LogP contribution in [0.1, 0.15) is 70.9 Å². The molecule has 0 spiro atoms. The summed E-state index contributed by atoms with van der Waals surface area (Å²) in [6, 6.07) is 3.00. The molecule has 4 unspecified atom stereocenters. The first kappa shape index (κ1) is 22.6. The molecule has 2 fully saturated rings. The molecule has 2 saturated carbocycles. The van der Waals surface area contributed by atoms with Gasteiger partial charge in [0.1, 0.15) is 5.75 Å². The van der Waals surface area contributed by atoms with Gasteiger partial charge in [-0.05, 0) is 77.0 Å². The third-order valence-corrected chi connectivity index (χ3v) is 10.6. The van der Waals surface area contributed by atoms with E-state index in [0.717, 1.165) is 31.2 Å². The number of hydrogen-bond donors (Lipinski definition) is 3. The van der Waals surface area contributed by atoms with Crippen molar-refractivity contribution in [3.63, 3.8) is 0 Å². The average Bonchev–Trinajstić information content (AvgIpc) is 2.62. The molecule has 0 radical (unpaired) electrons. The van der Waals surface area contributed by atoms with Crippen molar-refractivity contribution in [2.24, 2.45) is 22.7 Å². The zero-order valence-electron chi connectivity index (χ0n) is 19.0. The highest BCUT2D eigenvalue weighted by atomic mass is 32.2. The van der Waals surface area contributed by atoms with Crippen LogP contribution in [0.2, 0.25) is 0 Å². The van der Waals surface area contributed by atoms with Crippen molar-refractivity contribution in [2.45, 2.75) is 76.7 Å². The molecular weight excluding hydrogens is 414 g/mol. The second-order valence-corrected chi connectivity index (χ2v) is 13.2. The summed E-state index contributed by atoms with van der Waals surface area (Å²) in [5.74, 6) is -0.461. The molecule has 0 amide bonds. The number of phenols is 1. The van der Waals surface area contributed by atoms with Gasteiger partial charge in [0, 0.05) is 6.54 Å². The number of rotatable bonds is 4. The number of nitrogens with one attached hydrogen (secondary N) is 1. The third-order valence-electron chi connectivity index (χ3n) is 8.85. The molecule has 31 heavy (non-hydrogen) atoms. The van der Waals surface area contributed by atoms with E-state index in [4.69, 9.17) is 5.11 Å². The first-order valence-electron chi connectivity index (χ1n) is 11.3. The molecule has 3 N–H and O–H groups in total. The van der Waals surface area contributed by atoms with Crippen LogP contribution in [0.25, 0.3) is 0 Å². The van der Waals surface area contributed by atoms with Crippen molar-refractivity contribution in [3.8, 4) is 5.75 Å². The number of carbonyl (C=O) groups is 1. The van der Waals surface area contributed by atoms with Gasteiger partial charge in [-0.15, -0.1) is 0 Å². The summed E-state index contributed by atoms with van der Waals surface area (Å²) in [5.41, 5.74) is 1.29.